The number of methoxy groups -OCH3 is 3. The van der Waals surface area contributed by atoms with Gasteiger partial charge in [0.05, 0.1) is 33.4 Å². The van der Waals surface area contributed by atoms with Gasteiger partial charge in [-0.15, -0.1) is 0 Å². The number of carbonyl (C=O) groups is 1. The largest absolute Gasteiger partial charge is 0.493 e. The van der Waals surface area contributed by atoms with Crippen LogP contribution < -0.4 is 14.2 Å². The van der Waals surface area contributed by atoms with Gasteiger partial charge in [-0.25, -0.2) is 0 Å². The number of carbonyl (C=O) groups excluding carboxylic acids is 1. The molecular weight excluding hydrogens is 366 g/mol. The summed E-state index contributed by atoms with van der Waals surface area (Å²) in [7, 11) is 4.82. The quantitative estimate of drug-likeness (QED) is 0.653. The normalized spacial score (nSPS) is 20.0. The molecule has 3 aromatic carbocycles. The van der Waals surface area contributed by atoms with Gasteiger partial charge in [-0.05, 0) is 46.0 Å². The Bertz CT molecular complexity index is 1090. The van der Waals surface area contributed by atoms with Gasteiger partial charge in [-0.3, -0.25) is 4.79 Å². The number of hydrogen-bond acceptors (Lipinski definition) is 4. The Balaban J connectivity index is 1.80. The van der Waals surface area contributed by atoms with Crippen LogP contribution in [-0.4, -0.2) is 32.1 Å². The Hall–Kier alpha value is -3.21. The van der Waals surface area contributed by atoms with Crippen LogP contribution in [0.4, 0.5) is 0 Å². The summed E-state index contributed by atoms with van der Waals surface area (Å²) in [5.41, 5.74) is 3.34. The Morgan fingerprint density at radius 3 is 2.17 bits per heavy atom. The fraction of sp³-hybridized carbons (Fsp3) is 0.292. The Kier molecular flexibility index (Phi) is 4.12. The summed E-state index contributed by atoms with van der Waals surface area (Å²) in [5.74, 6) is 1.92. The van der Waals surface area contributed by atoms with Crippen LogP contribution in [-0.2, 0) is 4.79 Å². The van der Waals surface area contributed by atoms with Crippen LogP contribution in [0.1, 0.15) is 41.6 Å². The first-order valence-electron chi connectivity index (χ1n) is 9.80. The molecule has 0 unspecified atom stereocenters. The number of benzene rings is 3. The van der Waals surface area contributed by atoms with Crippen LogP contribution >= 0.6 is 0 Å². The van der Waals surface area contributed by atoms with E-state index in [1.165, 1.54) is 16.3 Å². The highest BCUT2D eigenvalue weighted by atomic mass is 16.5. The van der Waals surface area contributed by atoms with Gasteiger partial charge in [-0.2, -0.15) is 0 Å². The van der Waals surface area contributed by atoms with Gasteiger partial charge in [0.15, 0.2) is 11.5 Å². The molecule has 5 heteroatoms. The topological polar surface area (TPSA) is 48.0 Å². The van der Waals surface area contributed by atoms with Crippen molar-refractivity contribution in [2.24, 2.45) is 0 Å². The first-order chi connectivity index (χ1) is 14.2. The first kappa shape index (κ1) is 17.9. The van der Waals surface area contributed by atoms with Gasteiger partial charge in [0.2, 0.25) is 11.7 Å². The van der Waals surface area contributed by atoms with Crippen LogP contribution in [0.3, 0.4) is 0 Å². The lowest BCUT2D eigenvalue weighted by atomic mass is 9.83. The second-order valence-corrected chi connectivity index (χ2v) is 7.51. The zero-order chi connectivity index (χ0) is 20.1. The molecule has 0 aliphatic carbocycles. The molecule has 2 aliphatic heterocycles. The zero-order valence-corrected chi connectivity index (χ0v) is 16.8. The van der Waals surface area contributed by atoms with Crippen molar-refractivity contribution in [2.75, 3.05) is 21.3 Å². The van der Waals surface area contributed by atoms with Crippen LogP contribution in [0.15, 0.2) is 48.5 Å². The molecule has 1 amide bonds. The van der Waals surface area contributed by atoms with E-state index in [0.717, 1.165) is 17.5 Å². The number of ether oxygens (including phenoxy) is 3. The summed E-state index contributed by atoms with van der Waals surface area (Å²) in [6.45, 7) is 0. The molecule has 29 heavy (non-hydrogen) atoms. The van der Waals surface area contributed by atoms with Gasteiger partial charge in [0.25, 0.3) is 0 Å². The third-order valence-corrected chi connectivity index (χ3v) is 6.16. The Morgan fingerprint density at radius 1 is 0.897 bits per heavy atom. The van der Waals surface area contributed by atoms with Gasteiger partial charge in [0.1, 0.15) is 0 Å². The van der Waals surface area contributed by atoms with Crippen molar-refractivity contribution >= 4 is 16.7 Å². The van der Waals surface area contributed by atoms with E-state index in [9.17, 15) is 4.79 Å². The van der Waals surface area contributed by atoms with Crippen molar-refractivity contribution in [1.82, 2.24) is 4.90 Å². The third kappa shape index (κ3) is 2.50. The van der Waals surface area contributed by atoms with Crippen LogP contribution in [0.5, 0.6) is 17.2 Å². The molecule has 1 saturated heterocycles. The van der Waals surface area contributed by atoms with Crippen LogP contribution in [0, 0.1) is 0 Å². The molecule has 3 aromatic rings. The molecule has 0 aromatic heterocycles. The van der Waals surface area contributed by atoms with Crippen LogP contribution in [0.25, 0.3) is 10.8 Å². The molecule has 2 atom stereocenters. The Morgan fingerprint density at radius 2 is 1.55 bits per heavy atom. The Labute approximate surface area is 169 Å². The number of nitrogens with zero attached hydrogens (tertiary/aromatic N) is 1. The molecule has 5 rings (SSSR count). The van der Waals surface area contributed by atoms with Crippen molar-refractivity contribution in [3.8, 4) is 17.2 Å². The third-order valence-electron chi connectivity index (χ3n) is 6.16. The van der Waals surface area contributed by atoms with Gasteiger partial charge in [0, 0.05) is 6.42 Å². The number of amides is 1. The summed E-state index contributed by atoms with van der Waals surface area (Å²) in [6.07, 6.45) is 1.41. The summed E-state index contributed by atoms with van der Waals surface area (Å²) < 4.78 is 16.7. The SMILES string of the molecule is COc1cc([C@@H]2c3cccc4cccc(c34)[C@H]3CCC(=O)N23)cc(OC)c1OC. The minimum absolute atomic E-state index is 0.0881. The molecule has 0 saturated carbocycles. The van der Waals surface area contributed by atoms with E-state index in [1.807, 2.05) is 17.0 Å². The van der Waals surface area contributed by atoms with Crippen molar-refractivity contribution < 1.29 is 19.0 Å². The predicted octanol–water partition coefficient (Wildman–Crippen LogP) is 4.63. The van der Waals surface area contributed by atoms with Crippen molar-refractivity contribution in [1.29, 1.82) is 0 Å². The van der Waals surface area contributed by atoms with E-state index in [-0.39, 0.29) is 18.0 Å². The summed E-state index contributed by atoms with van der Waals surface area (Å²) in [5, 5.41) is 2.46. The highest BCUT2D eigenvalue weighted by Gasteiger charge is 2.43. The molecule has 5 nitrogen and oxygen atoms in total. The lowest BCUT2D eigenvalue weighted by molar-refractivity contribution is -0.130. The van der Waals surface area contributed by atoms with E-state index in [4.69, 9.17) is 14.2 Å². The molecule has 0 N–H and O–H groups in total. The lowest BCUT2D eigenvalue weighted by Crippen LogP contribution is -2.36. The zero-order valence-electron chi connectivity index (χ0n) is 16.8. The molecule has 2 aliphatic rings. The van der Waals surface area contributed by atoms with E-state index in [2.05, 4.69) is 36.4 Å². The number of hydrogen-bond donors (Lipinski definition) is 0. The molecule has 0 spiro atoms. The second-order valence-electron chi connectivity index (χ2n) is 7.51. The summed E-state index contributed by atoms with van der Waals surface area (Å²) in [6, 6.07) is 16.5. The van der Waals surface area contributed by atoms with E-state index < -0.39 is 0 Å². The van der Waals surface area contributed by atoms with Gasteiger partial charge in [-0.1, -0.05) is 36.4 Å². The van der Waals surface area contributed by atoms with E-state index in [1.54, 1.807) is 21.3 Å². The minimum Gasteiger partial charge on any atom is -0.493 e. The molecule has 1 fully saturated rings. The predicted molar refractivity (Wildman–Crippen MR) is 111 cm³/mol. The molecule has 0 radical (unpaired) electrons. The molecule has 148 valence electrons. The molecular formula is C24H23NO4. The lowest BCUT2D eigenvalue weighted by Gasteiger charge is -2.40. The van der Waals surface area contributed by atoms with Crippen molar-refractivity contribution in [3.63, 3.8) is 0 Å². The maximum atomic E-state index is 13.0. The fourth-order valence-electron chi connectivity index (χ4n) is 4.99. The van der Waals surface area contributed by atoms with Gasteiger partial charge >= 0.3 is 0 Å². The highest BCUT2D eigenvalue weighted by Crippen LogP contribution is 2.52. The van der Waals surface area contributed by atoms with Gasteiger partial charge < -0.3 is 19.1 Å². The smallest absolute Gasteiger partial charge is 0.223 e. The monoisotopic (exact) mass is 389 g/mol. The second kappa shape index (κ2) is 6.69. The summed E-state index contributed by atoms with van der Waals surface area (Å²) in [4.78, 5) is 15.0. The first-order valence-corrected chi connectivity index (χ1v) is 9.80. The highest BCUT2D eigenvalue weighted by molar-refractivity contribution is 5.94. The standard InChI is InChI=1S/C24H23NO4/c1-27-19-12-15(13-20(28-2)24(19)29-3)23-17-9-5-7-14-6-4-8-16(22(14)17)18-10-11-21(26)25(18)23/h4-9,12-13,18,23H,10-11H2,1-3H3/t18-,23-/m1/s1. The number of rotatable bonds is 4. The maximum absolute atomic E-state index is 13.0. The average molecular weight is 389 g/mol. The van der Waals surface area contributed by atoms with E-state index in [0.29, 0.717) is 23.7 Å². The maximum Gasteiger partial charge on any atom is 0.223 e. The van der Waals surface area contributed by atoms with Crippen molar-refractivity contribution in [3.05, 3.63) is 65.2 Å². The summed E-state index contributed by atoms with van der Waals surface area (Å²) >= 11 is 0. The number of fused-ring (bicyclic) bond motifs is 2. The fourth-order valence-corrected chi connectivity index (χ4v) is 4.99. The van der Waals surface area contributed by atoms with Crippen molar-refractivity contribution in [2.45, 2.75) is 24.9 Å². The average Bonchev–Trinajstić information content (AvgIpc) is 3.14. The van der Waals surface area contributed by atoms with Crippen LogP contribution in [0.2, 0.25) is 0 Å². The molecule has 0 bridgehead atoms. The minimum atomic E-state index is -0.192. The van der Waals surface area contributed by atoms with E-state index >= 15 is 0 Å². The molecule has 2 heterocycles.